The zero-order valence-electron chi connectivity index (χ0n) is 21.5. The standard InChI is InChI=1S/C28H38O7/c1-7-31-18-11-8-15-12-24(3,4)19-21(30)28-27-17(26(19,13-32-28)22(15)33-18)10-9-16(14(2)20(27)29)23(27)34-25(5,6)35-28/h16-19,21,23,30H,2,7-13H2,1,3-6H3/t16-,17-,18+,19+,21-,23+,26-,27-,28?/m0/s1. The fraction of sp³-hybridized carbons (Fsp3) is 0.821. The number of hydrogen-bond donors (Lipinski definition) is 1. The summed E-state index contributed by atoms with van der Waals surface area (Å²) in [7, 11) is 0. The molecule has 0 radical (unpaired) electrons. The van der Waals surface area contributed by atoms with Gasteiger partial charge in [-0.1, -0.05) is 20.4 Å². The summed E-state index contributed by atoms with van der Waals surface area (Å²) in [5.41, 5.74) is -0.134. The molecular weight excluding hydrogens is 448 g/mol. The molecule has 35 heavy (non-hydrogen) atoms. The fourth-order valence-corrected chi connectivity index (χ4v) is 9.95. The molecule has 6 fully saturated rings. The molecule has 3 saturated heterocycles. The third-order valence-electron chi connectivity index (χ3n) is 10.6. The Morgan fingerprint density at radius 3 is 2.69 bits per heavy atom. The fourth-order valence-electron chi connectivity index (χ4n) is 9.95. The normalized spacial score (nSPS) is 52.5. The number of rotatable bonds is 2. The van der Waals surface area contributed by atoms with Gasteiger partial charge in [0.1, 0.15) is 17.3 Å². The van der Waals surface area contributed by atoms with Gasteiger partial charge in [-0.15, -0.1) is 0 Å². The number of ether oxygens (including phenoxy) is 5. The highest BCUT2D eigenvalue weighted by Crippen LogP contribution is 2.80. The smallest absolute Gasteiger partial charge is 0.213 e. The minimum atomic E-state index is -1.46. The van der Waals surface area contributed by atoms with Crippen molar-refractivity contribution in [3.8, 4) is 0 Å². The lowest BCUT2D eigenvalue weighted by Crippen LogP contribution is -2.87. The molecule has 0 aromatic rings. The zero-order valence-corrected chi connectivity index (χ0v) is 21.5. The Balaban J connectivity index is 1.51. The van der Waals surface area contributed by atoms with Gasteiger partial charge < -0.3 is 28.8 Å². The van der Waals surface area contributed by atoms with E-state index in [2.05, 4.69) is 20.4 Å². The van der Waals surface area contributed by atoms with Gasteiger partial charge in [0.2, 0.25) is 5.79 Å². The second-order valence-corrected chi connectivity index (χ2v) is 13.1. The van der Waals surface area contributed by atoms with E-state index in [4.69, 9.17) is 23.7 Å². The Hall–Kier alpha value is -1.25. The summed E-state index contributed by atoms with van der Waals surface area (Å²) in [5.74, 6) is -2.01. The molecule has 192 valence electrons. The predicted octanol–water partition coefficient (Wildman–Crippen LogP) is 3.85. The minimum Gasteiger partial charge on any atom is -0.469 e. The van der Waals surface area contributed by atoms with Gasteiger partial charge in [0.05, 0.1) is 18.1 Å². The number of carbonyl (C=O) groups is 1. The Bertz CT molecular complexity index is 1060. The van der Waals surface area contributed by atoms with Gasteiger partial charge in [0.25, 0.3) is 0 Å². The van der Waals surface area contributed by atoms with E-state index in [-0.39, 0.29) is 35.2 Å². The molecule has 0 amide bonds. The molecule has 8 aliphatic rings. The number of allylic oxidation sites excluding steroid dienone is 1. The molecule has 9 atom stereocenters. The lowest BCUT2D eigenvalue weighted by molar-refractivity contribution is -0.527. The van der Waals surface area contributed by atoms with Crippen molar-refractivity contribution in [2.75, 3.05) is 13.2 Å². The lowest BCUT2D eigenvalue weighted by Gasteiger charge is -2.77. The molecule has 7 nitrogen and oxygen atoms in total. The van der Waals surface area contributed by atoms with Crippen LogP contribution >= 0.6 is 0 Å². The van der Waals surface area contributed by atoms with E-state index in [1.807, 2.05) is 20.8 Å². The van der Waals surface area contributed by atoms with Gasteiger partial charge in [-0.3, -0.25) is 4.79 Å². The van der Waals surface area contributed by atoms with Crippen molar-refractivity contribution in [1.82, 2.24) is 0 Å². The van der Waals surface area contributed by atoms with Crippen LogP contribution in [0.1, 0.15) is 66.7 Å². The first-order valence-corrected chi connectivity index (χ1v) is 13.4. The molecule has 7 heteroatoms. The van der Waals surface area contributed by atoms with Crippen molar-refractivity contribution in [3.05, 3.63) is 23.5 Å². The summed E-state index contributed by atoms with van der Waals surface area (Å²) in [6.45, 7) is 15.4. The highest BCUT2D eigenvalue weighted by atomic mass is 16.8. The van der Waals surface area contributed by atoms with Crippen molar-refractivity contribution < 1.29 is 33.6 Å². The predicted molar refractivity (Wildman–Crippen MR) is 125 cm³/mol. The summed E-state index contributed by atoms with van der Waals surface area (Å²) in [5, 5.41) is 12.4. The van der Waals surface area contributed by atoms with E-state index >= 15 is 0 Å². The van der Waals surface area contributed by atoms with Crippen molar-refractivity contribution in [2.24, 2.45) is 34.0 Å². The van der Waals surface area contributed by atoms with E-state index in [9.17, 15) is 9.90 Å². The summed E-state index contributed by atoms with van der Waals surface area (Å²) in [6, 6.07) is 0. The highest BCUT2D eigenvalue weighted by molar-refractivity contribution is 6.05. The number of fused-ring (bicyclic) bond motifs is 1. The second-order valence-electron chi connectivity index (χ2n) is 13.1. The van der Waals surface area contributed by atoms with Crippen LogP contribution in [0.4, 0.5) is 0 Å². The van der Waals surface area contributed by atoms with Crippen molar-refractivity contribution in [3.63, 3.8) is 0 Å². The maximum Gasteiger partial charge on any atom is 0.213 e. The SMILES string of the molecule is C=C1C(=O)[C@@]23[C@@H]4OC(C)(C)OC25OC[C@]2(C6=C(CC[C@H](OCC)O6)CC(C)(C)[C@H]2[C@@H]5O)[C@@H]3CC[C@@H]14. The molecule has 3 spiro atoms. The van der Waals surface area contributed by atoms with E-state index in [0.717, 1.165) is 37.9 Å². The summed E-state index contributed by atoms with van der Waals surface area (Å²) < 4.78 is 32.6. The first kappa shape index (κ1) is 22.9. The van der Waals surface area contributed by atoms with Crippen molar-refractivity contribution in [1.29, 1.82) is 0 Å². The van der Waals surface area contributed by atoms with Crippen LogP contribution in [0.2, 0.25) is 0 Å². The molecular formula is C28H38O7. The number of carbonyl (C=O) groups excluding carboxylic acids is 1. The van der Waals surface area contributed by atoms with E-state index in [1.54, 1.807) is 0 Å². The summed E-state index contributed by atoms with van der Waals surface area (Å²) in [4.78, 5) is 14.3. The minimum absolute atomic E-state index is 0.0511. The molecule has 4 aliphatic carbocycles. The van der Waals surface area contributed by atoms with E-state index < -0.39 is 34.6 Å². The topological polar surface area (TPSA) is 83.5 Å². The number of ketones is 1. The van der Waals surface area contributed by atoms with Gasteiger partial charge in [-0.05, 0) is 68.9 Å². The van der Waals surface area contributed by atoms with Gasteiger partial charge in [0, 0.05) is 24.9 Å². The average molecular weight is 487 g/mol. The van der Waals surface area contributed by atoms with Crippen LogP contribution in [0, 0.1) is 34.0 Å². The summed E-state index contributed by atoms with van der Waals surface area (Å²) in [6.07, 6.45) is 2.44. The van der Waals surface area contributed by atoms with Crippen LogP contribution in [-0.4, -0.2) is 54.2 Å². The quantitative estimate of drug-likeness (QED) is 0.594. The first-order chi connectivity index (χ1) is 16.5. The monoisotopic (exact) mass is 486 g/mol. The van der Waals surface area contributed by atoms with Gasteiger partial charge >= 0.3 is 0 Å². The molecule has 3 saturated carbocycles. The third-order valence-corrected chi connectivity index (χ3v) is 10.6. The number of aliphatic hydroxyl groups is 1. The zero-order chi connectivity index (χ0) is 24.8. The number of hydrogen-bond acceptors (Lipinski definition) is 7. The van der Waals surface area contributed by atoms with Crippen molar-refractivity contribution >= 4 is 5.78 Å². The van der Waals surface area contributed by atoms with Crippen LogP contribution in [0.25, 0.3) is 0 Å². The van der Waals surface area contributed by atoms with Crippen LogP contribution < -0.4 is 0 Å². The van der Waals surface area contributed by atoms with Crippen LogP contribution in [0.3, 0.4) is 0 Å². The van der Waals surface area contributed by atoms with Crippen LogP contribution in [0.15, 0.2) is 23.5 Å². The molecule has 1 unspecified atom stereocenters. The Kier molecular flexibility index (Phi) is 4.32. The highest BCUT2D eigenvalue weighted by Gasteiger charge is 2.90. The van der Waals surface area contributed by atoms with E-state index in [1.165, 1.54) is 5.57 Å². The molecule has 0 aromatic heterocycles. The van der Waals surface area contributed by atoms with Gasteiger partial charge in [-0.25, -0.2) is 0 Å². The molecule has 1 N–H and O–H groups in total. The molecule has 4 bridgehead atoms. The van der Waals surface area contributed by atoms with Crippen LogP contribution in [-0.2, 0) is 28.5 Å². The van der Waals surface area contributed by atoms with Crippen LogP contribution in [0.5, 0.6) is 0 Å². The Labute approximate surface area is 207 Å². The summed E-state index contributed by atoms with van der Waals surface area (Å²) >= 11 is 0. The van der Waals surface area contributed by atoms with Crippen molar-refractivity contribution in [2.45, 2.75) is 96.8 Å². The van der Waals surface area contributed by atoms with Gasteiger partial charge in [-0.2, -0.15) is 0 Å². The molecule has 8 rings (SSSR count). The maximum absolute atomic E-state index is 14.3. The lowest BCUT2D eigenvalue weighted by atomic mass is 9.36. The Morgan fingerprint density at radius 1 is 1.17 bits per heavy atom. The molecule has 4 aliphatic heterocycles. The average Bonchev–Trinajstić information content (AvgIpc) is 2.90. The second kappa shape index (κ2) is 6.60. The molecule has 0 aromatic carbocycles. The first-order valence-electron chi connectivity index (χ1n) is 13.4. The largest absolute Gasteiger partial charge is 0.469 e. The number of aliphatic hydroxyl groups excluding tert-OH is 1. The molecule has 4 heterocycles. The van der Waals surface area contributed by atoms with Gasteiger partial charge in [0.15, 0.2) is 17.9 Å². The van der Waals surface area contributed by atoms with E-state index in [0.29, 0.717) is 18.8 Å². The Morgan fingerprint density at radius 2 is 1.94 bits per heavy atom. The third kappa shape index (κ3) is 2.31. The number of Topliss-reactive ketones (excluding diaryl/α,β-unsaturated/α-hetero) is 1. The maximum atomic E-state index is 14.3.